The van der Waals surface area contributed by atoms with Crippen LogP contribution in [-0.4, -0.2) is 7.11 Å². The molecule has 20 heavy (non-hydrogen) atoms. The fraction of sp³-hybridized carbons (Fsp3) is 0.143. The van der Waals surface area contributed by atoms with Gasteiger partial charge in [-0.05, 0) is 29.8 Å². The van der Waals surface area contributed by atoms with Gasteiger partial charge in [0, 0.05) is 5.56 Å². The van der Waals surface area contributed by atoms with Crippen molar-refractivity contribution in [3.05, 3.63) is 64.2 Å². The molecule has 0 aliphatic heterocycles. The summed E-state index contributed by atoms with van der Waals surface area (Å²) in [6.45, 7) is 0. The summed E-state index contributed by atoms with van der Waals surface area (Å²) in [5, 5.41) is 0.404. The number of hydrogen-bond acceptors (Lipinski definition) is 3. The Hall–Kier alpha value is -1.69. The molecule has 0 aromatic heterocycles. The van der Waals surface area contributed by atoms with Crippen molar-refractivity contribution in [2.24, 2.45) is 5.84 Å². The molecule has 106 valence electrons. The van der Waals surface area contributed by atoms with Crippen LogP contribution in [0.3, 0.4) is 0 Å². The first-order valence-corrected chi connectivity index (χ1v) is 6.19. The molecule has 3 N–H and O–H groups in total. The lowest BCUT2D eigenvalue weighted by Gasteiger charge is -2.19. The van der Waals surface area contributed by atoms with Crippen LogP contribution in [0.25, 0.3) is 0 Å². The molecule has 2 rings (SSSR count). The van der Waals surface area contributed by atoms with Crippen LogP contribution in [0.5, 0.6) is 5.75 Å². The molecule has 0 saturated heterocycles. The van der Waals surface area contributed by atoms with E-state index < -0.39 is 17.7 Å². The quantitative estimate of drug-likeness (QED) is 0.673. The van der Waals surface area contributed by atoms with Crippen molar-refractivity contribution < 1.29 is 13.5 Å². The molecule has 0 bridgehead atoms. The maximum absolute atomic E-state index is 13.8. The number of nitrogens with one attached hydrogen (secondary N) is 1. The summed E-state index contributed by atoms with van der Waals surface area (Å²) < 4.78 is 32.8. The van der Waals surface area contributed by atoms with Crippen LogP contribution in [0.4, 0.5) is 8.78 Å². The summed E-state index contributed by atoms with van der Waals surface area (Å²) in [7, 11) is 1.46. The fourth-order valence-corrected chi connectivity index (χ4v) is 2.18. The van der Waals surface area contributed by atoms with Gasteiger partial charge in [-0.2, -0.15) is 0 Å². The highest BCUT2D eigenvalue weighted by atomic mass is 35.5. The average molecular weight is 299 g/mol. The minimum atomic E-state index is -0.845. The molecule has 0 heterocycles. The first-order chi connectivity index (χ1) is 9.58. The summed E-state index contributed by atoms with van der Waals surface area (Å²) in [4.78, 5) is 0. The van der Waals surface area contributed by atoms with Crippen molar-refractivity contribution in [1.29, 1.82) is 0 Å². The molecule has 0 amide bonds. The Balaban J connectivity index is 2.53. The maximum Gasteiger partial charge on any atom is 0.137 e. The smallest absolute Gasteiger partial charge is 0.137 e. The van der Waals surface area contributed by atoms with Crippen LogP contribution in [0.2, 0.25) is 5.02 Å². The molecule has 0 saturated carbocycles. The van der Waals surface area contributed by atoms with Crippen molar-refractivity contribution in [2.75, 3.05) is 7.11 Å². The Morgan fingerprint density at radius 3 is 2.40 bits per heavy atom. The second-order valence-electron chi connectivity index (χ2n) is 4.13. The van der Waals surface area contributed by atoms with Gasteiger partial charge in [0.1, 0.15) is 17.4 Å². The molecule has 2 aromatic rings. The number of hydrogen-bond donors (Lipinski definition) is 2. The fourth-order valence-electron chi connectivity index (χ4n) is 1.99. The molecule has 6 heteroatoms. The molecule has 0 aliphatic rings. The topological polar surface area (TPSA) is 47.3 Å². The highest BCUT2D eigenvalue weighted by molar-refractivity contribution is 6.32. The number of benzene rings is 2. The molecule has 3 nitrogen and oxygen atoms in total. The monoisotopic (exact) mass is 298 g/mol. The van der Waals surface area contributed by atoms with Gasteiger partial charge in [-0.15, -0.1) is 0 Å². The van der Waals surface area contributed by atoms with Crippen LogP contribution in [0, 0.1) is 11.6 Å². The number of ether oxygens (including phenoxy) is 1. The molecule has 1 unspecified atom stereocenters. The summed E-state index contributed by atoms with van der Waals surface area (Å²) >= 11 is 5.93. The zero-order valence-electron chi connectivity index (χ0n) is 10.7. The van der Waals surface area contributed by atoms with E-state index in [4.69, 9.17) is 22.2 Å². The first-order valence-electron chi connectivity index (χ1n) is 5.82. The van der Waals surface area contributed by atoms with E-state index in [0.717, 1.165) is 0 Å². The average Bonchev–Trinajstić information content (AvgIpc) is 2.44. The maximum atomic E-state index is 13.8. The van der Waals surface area contributed by atoms with Gasteiger partial charge in [0.05, 0.1) is 18.2 Å². The zero-order chi connectivity index (χ0) is 14.7. The molecular weight excluding hydrogens is 286 g/mol. The van der Waals surface area contributed by atoms with Gasteiger partial charge >= 0.3 is 0 Å². The number of rotatable bonds is 4. The van der Waals surface area contributed by atoms with Gasteiger partial charge < -0.3 is 4.74 Å². The Bertz CT molecular complexity index is 602. The lowest BCUT2D eigenvalue weighted by molar-refractivity contribution is 0.413. The Kier molecular flexibility index (Phi) is 4.54. The second kappa shape index (κ2) is 6.17. The highest BCUT2D eigenvalue weighted by Gasteiger charge is 2.21. The van der Waals surface area contributed by atoms with E-state index in [2.05, 4.69) is 5.43 Å². The van der Waals surface area contributed by atoms with Crippen molar-refractivity contribution >= 4 is 11.6 Å². The van der Waals surface area contributed by atoms with Crippen LogP contribution in [0.15, 0.2) is 36.4 Å². The van der Waals surface area contributed by atoms with Crippen LogP contribution in [-0.2, 0) is 0 Å². The molecule has 1 atom stereocenters. The van der Waals surface area contributed by atoms with E-state index in [-0.39, 0.29) is 5.56 Å². The van der Waals surface area contributed by atoms with Crippen molar-refractivity contribution in [3.63, 3.8) is 0 Å². The van der Waals surface area contributed by atoms with Gasteiger partial charge in [-0.1, -0.05) is 23.7 Å². The number of methoxy groups -OCH3 is 1. The van der Waals surface area contributed by atoms with Crippen molar-refractivity contribution in [1.82, 2.24) is 5.43 Å². The SMILES string of the molecule is COc1cc(C(NN)c2c(F)cccc2F)ccc1Cl. The first kappa shape index (κ1) is 14.7. The third-order valence-electron chi connectivity index (χ3n) is 2.96. The largest absolute Gasteiger partial charge is 0.495 e. The van der Waals surface area contributed by atoms with Crippen LogP contribution in [0.1, 0.15) is 17.2 Å². The Labute approximate surface area is 120 Å². The van der Waals surface area contributed by atoms with Crippen molar-refractivity contribution in [3.8, 4) is 5.75 Å². The Morgan fingerprint density at radius 1 is 1.20 bits per heavy atom. The second-order valence-corrected chi connectivity index (χ2v) is 4.54. The van der Waals surface area contributed by atoms with Gasteiger partial charge in [0.15, 0.2) is 0 Å². The standard InChI is InChI=1S/C14H13ClF2N2O/c1-20-12-7-8(5-6-9(12)15)14(19-18)13-10(16)3-2-4-11(13)17/h2-7,14,19H,18H2,1H3. The third-order valence-corrected chi connectivity index (χ3v) is 3.28. The zero-order valence-corrected chi connectivity index (χ0v) is 11.4. The molecule has 0 aliphatic carbocycles. The Morgan fingerprint density at radius 2 is 1.85 bits per heavy atom. The van der Waals surface area contributed by atoms with E-state index in [0.29, 0.717) is 16.3 Å². The van der Waals surface area contributed by atoms with E-state index in [9.17, 15) is 8.78 Å². The molecule has 0 fully saturated rings. The van der Waals surface area contributed by atoms with Gasteiger partial charge in [-0.25, -0.2) is 14.2 Å². The number of halogens is 3. The van der Waals surface area contributed by atoms with E-state index in [1.807, 2.05) is 0 Å². The summed E-state index contributed by atoms with van der Waals surface area (Å²) in [6, 6.07) is 7.59. The van der Waals surface area contributed by atoms with Crippen LogP contribution >= 0.6 is 11.6 Å². The predicted octanol–water partition coefficient (Wildman–Crippen LogP) is 3.18. The minimum Gasteiger partial charge on any atom is -0.495 e. The highest BCUT2D eigenvalue weighted by Crippen LogP contribution is 2.32. The predicted molar refractivity (Wildman–Crippen MR) is 73.5 cm³/mol. The summed E-state index contributed by atoms with van der Waals surface area (Å²) in [6.07, 6.45) is 0. The van der Waals surface area contributed by atoms with Gasteiger partial charge in [0.25, 0.3) is 0 Å². The number of hydrazine groups is 1. The molecule has 0 spiro atoms. The van der Waals surface area contributed by atoms with Crippen LogP contribution < -0.4 is 16.0 Å². The lowest BCUT2D eigenvalue weighted by atomic mass is 9.98. The van der Waals surface area contributed by atoms with E-state index >= 15 is 0 Å². The van der Waals surface area contributed by atoms with Gasteiger partial charge in [0.2, 0.25) is 0 Å². The molecule has 0 radical (unpaired) electrons. The number of nitrogens with two attached hydrogens (primary N) is 1. The lowest BCUT2D eigenvalue weighted by Crippen LogP contribution is -2.30. The summed E-state index contributed by atoms with van der Waals surface area (Å²) in [5.74, 6) is 4.49. The van der Waals surface area contributed by atoms with E-state index in [1.54, 1.807) is 18.2 Å². The van der Waals surface area contributed by atoms with Gasteiger partial charge in [-0.3, -0.25) is 5.84 Å². The van der Waals surface area contributed by atoms with Crippen molar-refractivity contribution in [2.45, 2.75) is 6.04 Å². The summed E-state index contributed by atoms with van der Waals surface area (Å²) in [5.41, 5.74) is 2.79. The third kappa shape index (κ3) is 2.75. The minimum absolute atomic E-state index is 0.153. The van der Waals surface area contributed by atoms with E-state index in [1.165, 1.54) is 25.3 Å². The normalized spacial score (nSPS) is 12.2. The molecule has 2 aromatic carbocycles. The molecular formula is C14H13ClF2N2O.